The molecule has 1 atom stereocenters. The summed E-state index contributed by atoms with van der Waals surface area (Å²) in [6, 6.07) is 0. The van der Waals surface area contributed by atoms with Crippen LogP contribution < -0.4 is 0 Å². The Morgan fingerprint density at radius 1 is 1.31 bits per heavy atom. The Hall–Kier alpha value is -0.0800. The maximum atomic E-state index is 5.71. The summed E-state index contributed by atoms with van der Waals surface area (Å²) < 4.78 is 5.71. The number of ether oxygens (including phenoxy) is 1. The minimum Gasteiger partial charge on any atom is -0.376 e. The van der Waals surface area contributed by atoms with E-state index in [-0.39, 0.29) is 0 Å². The van der Waals surface area contributed by atoms with Crippen molar-refractivity contribution in [3.05, 3.63) is 0 Å². The van der Waals surface area contributed by atoms with Crippen LogP contribution in [-0.2, 0) is 4.74 Å². The van der Waals surface area contributed by atoms with Gasteiger partial charge in [0.15, 0.2) is 0 Å². The molecule has 0 aromatic rings. The zero-order chi connectivity index (χ0) is 9.52. The zero-order valence-electron chi connectivity index (χ0n) is 9.09. The molecule has 0 bridgehead atoms. The first-order chi connectivity index (χ1) is 6.36. The highest BCUT2D eigenvalue weighted by atomic mass is 16.5. The molecule has 0 aliphatic carbocycles. The molecule has 0 spiro atoms. The molecule has 1 aliphatic heterocycles. The van der Waals surface area contributed by atoms with Gasteiger partial charge in [0.1, 0.15) is 0 Å². The summed E-state index contributed by atoms with van der Waals surface area (Å²) in [7, 11) is 0. The zero-order valence-corrected chi connectivity index (χ0v) is 9.09. The summed E-state index contributed by atoms with van der Waals surface area (Å²) in [5.74, 6) is 0. The Morgan fingerprint density at radius 3 is 2.85 bits per heavy atom. The summed E-state index contributed by atoms with van der Waals surface area (Å²) in [4.78, 5) is 2.49. The third kappa shape index (κ3) is 4.10. The second kappa shape index (κ2) is 6.39. The molecule has 0 saturated carbocycles. The molecular formula is C11H23NO. The van der Waals surface area contributed by atoms with Crippen LogP contribution in [0.4, 0.5) is 0 Å². The molecule has 0 amide bonds. The first-order valence-electron chi connectivity index (χ1n) is 5.70. The van der Waals surface area contributed by atoms with Crippen LogP contribution in [-0.4, -0.2) is 37.2 Å². The lowest BCUT2D eigenvalue weighted by atomic mass is 10.1. The molecule has 78 valence electrons. The minimum absolute atomic E-state index is 0.514. The van der Waals surface area contributed by atoms with Gasteiger partial charge in [0.25, 0.3) is 0 Å². The Bertz CT molecular complexity index is 127. The van der Waals surface area contributed by atoms with Crippen molar-refractivity contribution in [3.8, 4) is 0 Å². The van der Waals surface area contributed by atoms with Gasteiger partial charge in [-0.25, -0.2) is 0 Å². The molecule has 1 aliphatic rings. The normalized spacial score (nSPS) is 24.9. The van der Waals surface area contributed by atoms with Crippen LogP contribution >= 0.6 is 0 Å². The van der Waals surface area contributed by atoms with Crippen molar-refractivity contribution in [2.45, 2.75) is 45.6 Å². The quantitative estimate of drug-likeness (QED) is 0.609. The molecule has 0 N–H and O–H groups in total. The van der Waals surface area contributed by atoms with Gasteiger partial charge in [0, 0.05) is 13.1 Å². The number of likely N-dealkylation sites (N-methyl/N-ethyl adjacent to an activating group) is 1. The predicted octanol–water partition coefficient (Wildman–Crippen LogP) is 2.29. The van der Waals surface area contributed by atoms with Gasteiger partial charge in [0.05, 0.1) is 12.7 Å². The highest BCUT2D eigenvalue weighted by molar-refractivity contribution is 4.70. The lowest BCUT2D eigenvalue weighted by molar-refractivity contribution is -0.0311. The van der Waals surface area contributed by atoms with Crippen LogP contribution in [0.3, 0.4) is 0 Å². The maximum Gasteiger partial charge on any atom is 0.0702 e. The minimum atomic E-state index is 0.514. The lowest BCUT2D eigenvalue weighted by Gasteiger charge is -2.32. The first-order valence-corrected chi connectivity index (χ1v) is 5.70. The Morgan fingerprint density at radius 2 is 2.15 bits per heavy atom. The molecule has 2 nitrogen and oxygen atoms in total. The molecule has 0 radical (unpaired) electrons. The summed E-state index contributed by atoms with van der Waals surface area (Å²) in [6.45, 7) is 8.87. The molecule has 1 heterocycles. The van der Waals surface area contributed by atoms with Gasteiger partial charge in [0.2, 0.25) is 0 Å². The van der Waals surface area contributed by atoms with E-state index in [1.165, 1.54) is 32.2 Å². The van der Waals surface area contributed by atoms with Crippen LogP contribution in [0, 0.1) is 0 Å². The second-order valence-corrected chi connectivity index (χ2v) is 3.88. The fraction of sp³-hybridized carbons (Fsp3) is 1.00. The topological polar surface area (TPSA) is 12.5 Å². The van der Waals surface area contributed by atoms with E-state index in [1.54, 1.807) is 0 Å². The average Bonchev–Trinajstić information content (AvgIpc) is 2.19. The van der Waals surface area contributed by atoms with Crippen molar-refractivity contribution in [1.29, 1.82) is 0 Å². The van der Waals surface area contributed by atoms with E-state index in [4.69, 9.17) is 4.74 Å². The Kier molecular flexibility index (Phi) is 5.40. The van der Waals surface area contributed by atoms with E-state index in [0.717, 1.165) is 19.7 Å². The summed E-state index contributed by atoms with van der Waals surface area (Å²) in [6.07, 6.45) is 5.76. The van der Waals surface area contributed by atoms with E-state index >= 15 is 0 Å². The van der Waals surface area contributed by atoms with Crippen LogP contribution in [0.2, 0.25) is 0 Å². The maximum absolute atomic E-state index is 5.71. The third-order valence-electron chi connectivity index (χ3n) is 2.80. The van der Waals surface area contributed by atoms with Crippen LogP contribution in [0.25, 0.3) is 0 Å². The van der Waals surface area contributed by atoms with Gasteiger partial charge < -0.3 is 4.74 Å². The number of unbranched alkanes of at least 4 members (excludes halogenated alkanes) is 2. The smallest absolute Gasteiger partial charge is 0.0702 e. The van der Waals surface area contributed by atoms with Crippen molar-refractivity contribution in [1.82, 2.24) is 4.90 Å². The number of hydrogen-bond acceptors (Lipinski definition) is 2. The largest absolute Gasteiger partial charge is 0.376 e. The van der Waals surface area contributed by atoms with Gasteiger partial charge in [-0.15, -0.1) is 0 Å². The fourth-order valence-corrected chi connectivity index (χ4v) is 1.86. The van der Waals surface area contributed by atoms with Crippen molar-refractivity contribution in [3.63, 3.8) is 0 Å². The predicted molar refractivity (Wildman–Crippen MR) is 56.0 cm³/mol. The highest BCUT2D eigenvalue weighted by Crippen LogP contribution is 2.12. The summed E-state index contributed by atoms with van der Waals surface area (Å²) in [5, 5.41) is 0. The third-order valence-corrected chi connectivity index (χ3v) is 2.80. The van der Waals surface area contributed by atoms with Gasteiger partial charge in [-0.05, 0) is 13.0 Å². The molecule has 1 rings (SSSR count). The van der Waals surface area contributed by atoms with Gasteiger partial charge in [-0.2, -0.15) is 0 Å². The lowest BCUT2D eigenvalue weighted by Crippen LogP contribution is -2.42. The molecule has 0 aromatic heterocycles. The number of nitrogens with zero attached hydrogens (tertiary/aromatic N) is 1. The Balaban J connectivity index is 2.11. The highest BCUT2D eigenvalue weighted by Gasteiger charge is 2.18. The number of hydrogen-bond donors (Lipinski definition) is 0. The standard InChI is InChI=1S/C11H23NO/c1-3-5-6-7-11-10-12(4-2)8-9-13-11/h11H,3-10H2,1-2H3/t11-/m1/s1. The van der Waals surface area contributed by atoms with Crippen molar-refractivity contribution in [2.24, 2.45) is 0 Å². The molecule has 2 heteroatoms. The van der Waals surface area contributed by atoms with E-state index in [2.05, 4.69) is 18.7 Å². The molecule has 0 aromatic carbocycles. The summed E-state index contributed by atoms with van der Waals surface area (Å²) in [5.41, 5.74) is 0. The van der Waals surface area contributed by atoms with Crippen molar-refractivity contribution < 1.29 is 4.74 Å². The number of morpholine rings is 1. The van der Waals surface area contributed by atoms with Gasteiger partial charge in [-0.3, -0.25) is 4.90 Å². The molecule has 1 saturated heterocycles. The Labute approximate surface area is 82.3 Å². The SMILES string of the molecule is CCCCC[C@@H]1CN(CC)CCO1. The number of rotatable bonds is 5. The van der Waals surface area contributed by atoms with E-state index in [9.17, 15) is 0 Å². The monoisotopic (exact) mass is 185 g/mol. The molecule has 1 fully saturated rings. The van der Waals surface area contributed by atoms with Crippen LogP contribution in [0.5, 0.6) is 0 Å². The van der Waals surface area contributed by atoms with E-state index in [0.29, 0.717) is 6.10 Å². The van der Waals surface area contributed by atoms with E-state index < -0.39 is 0 Å². The van der Waals surface area contributed by atoms with Gasteiger partial charge in [-0.1, -0.05) is 33.1 Å². The molecule has 0 unspecified atom stereocenters. The fourth-order valence-electron chi connectivity index (χ4n) is 1.86. The van der Waals surface area contributed by atoms with Gasteiger partial charge >= 0.3 is 0 Å². The van der Waals surface area contributed by atoms with Crippen molar-refractivity contribution in [2.75, 3.05) is 26.2 Å². The first kappa shape index (κ1) is 11.0. The average molecular weight is 185 g/mol. The van der Waals surface area contributed by atoms with Crippen LogP contribution in [0.15, 0.2) is 0 Å². The summed E-state index contributed by atoms with van der Waals surface area (Å²) >= 11 is 0. The second-order valence-electron chi connectivity index (χ2n) is 3.88. The van der Waals surface area contributed by atoms with Crippen molar-refractivity contribution >= 4 is 0 Å². The molecule has 13 heavy (non-hydrogen) atoms. The molecular weight excluding hydrogens is 162 g/mol. The van der Waals surface area contributed by atoms with E-state index in [1.807, 2.05) is 0 Å². The van der Waals surface area contributed by atoms with Crippen LogP contribution in [0.1, 0.15) is 39.5 Å².